The second kappa shape index (κ2) is 6.28. The zero-order chi connectivity index (χ0) is 15.5. The van der Waals surface area contributed by atoms with Gasteiger partial charge in [-0.3, -0.25) is 4.79 Å². The number of thiazole rings is 1. The van der Waals surface area contributed by atoms with Crippen LogP contribution >= 0.6 is 11.3 Å². The Hall–Kier alpha value is -2.20. The van der Waals surface area contributed by atoms with Crippen molar-refractivity contribution in [3.63, 3.8) is 0 Å². The predicted molar refractivity (Wildman–Crippen MR) is 91.2 cm³/mol. The molecule has 0 unspecified atom stereocenters. The Labute approximate surface area is 134 Å². The van der Waals surface area contributed by atoms with Crippen LogP contribution in [-0.2, 0) is 13.0 Å². The van der Waals surface area contributed by atoms with Crippen LogP contribution in [0.2, 0.25) is 0 Å². The molecular weight excluding hydrogens is 292 g/mol. The fourth-order valence-corrected chi connectivity index (χ4v) is 3.15. The van der Waals surface area contributed by atoms with Gasteiger partial charge in [0.05, 0.1) is 15.7 Å². The lowest BCUT2D eigenvalue weighted by atomic mass is 10.1. The average molecular weight is 310 g/mol. The van der Waals surface area contributed by atoms with Crippen molar-refractivity contribution in [3.05, 3.63) is 64.7 Å². The van der Waals surface area contributed by atoms with Crippen molar-refractivity contribution in [1.29, 1.82) is 0 Å². The molecule has 3 aromatic rings. The molecule has 0 saturated carbocycles. The number of aryl methyl sites for hydroxylation is 1. The van der Waals surface area contributed by atoms with E-state index >= 15 is 0 Å². The normalized spacial score (nSPS) is 10.8. The minimum atomic E-state index is 0.0369. The predicted octanol–water partition coefficient (Wildman–Crippen LogP) is 4.13. The monoisotopic (exact) mass is 310 g/mol. The summed E-state index contributed by atoms with van der Waals surface area (Å²) in [6.07, 6.45) is 1.03. The van der Waals surface area contributed by atoms with E-state index < -0.39 is 0 Å². The van der Waals surface area contributed by atoms with Crippen LogP contribution in [0.5, 0.6) is 0 Å². The number of benzene rings is 2. The summed E-state index contributed by atoms with van der Waals surface area (Å²) in [4.78, 5) is 18.5. The van der Waals surface area contributed by atoms with Gasteiger partial charge in [0.15, 0.2) is 0 Å². The third kappa shape index (κ3) is 3.02. The van der Waals surface area contributed by atoms with E-state index in [1.165, 1.54) is 5.56 Å². The first-order valence-corrected chi connectivity index (χ1v) is 8.22. The van der Waals surface area contributed by atoms with Gasteiger partial charge in [-0.25, -0.2) is 4.98 Å². The van der Waals surface area contributed by atoms with Crippen LogP contribution < -0.4 is 0 Å². The molecule has 3 nitrogen and oxygen atoms in total. The molecule has 0 aliphatic carbocycles. The van der Waals surface area contributed by atoms with Crippen molar-refractivity contribution >= 4 is 27.5 Å². The van der Waals surface area contributed by atoms with Crippen LogP contribution in [0.1, 0.15) is 28.4 Å². The maximum Gasteiger partial charge on any atom is 0.253 e. The SMILES string of the molecule is CCc1ccc(CN(C)C(=O)c2ccc3ncsc3c2)cc1. The van der Waals surface area contributed by atoms with Gasteiger partial charge in [0.1, 0.15) is 0 Å². The number of hydrogen-bond acceptors (Lipinski definition) is 3. The molecule has 22 heavy (non-hydrogen) atoms. The Morgan fingerprint density at radius 3 is 2.59 bits per heavy atom. The molecule has 0 fully saturated rings. The summed E-state index contributed by atoms with van der Waals surface area (Å²) in [5.74, 6) is 0.0369. The summed E-state index contributed by atoms with van der Waals surface area (Å²) in [5, 5.41) is 0. The minimum Gasteiger partial charge on any atom is -0.337 e. The first-order chi connectivity index (χ1) is 10.7. The van der Waals surface area contributed by atoms with Gasteiger partial charge < -0.3 is 4.90 Å². The molecule has 1 aromatic heterocycles. The number of amides is 1. The summed E-state index contributed by atoms with van der Waals surface area (Å²) >= 11 is 1.56. The minimum absolute atomic E-state index is 0.0369. The van der Waals surface area contributed by atoms with Gasteiger partial charge in [-0.1, -0.05) is 31.2 Å². The van der Waals surface area contributed by atoms with E-state index in [0.29, 0.717) is 12.1 Å². The van der Waals surface area contributed by atoms with Gasteiger partial charge in [-0.2, -0.15) is 0 Å². The van der Waals surface area contributed by atoms with E-state index in [2.05, 4.69) is 36.2 Å². The fraction of sp³-hybridized carbons (Fsp3) is 0.222. The molecule has 1 amide bonds. The third-order valence-electron chi connectivity index (χ3n) is 3.78. The molecule has 0 N–H and O–H groups in total. The lowest BCUT2D eigenvalue weighted by molar-refractivity contribution is 0.0785. The second-order valence-electron chi connectivity index (χ2n) is 5.37. The number of nitrogens with zero attached hydrogens (tertiary/aromatic N) is 2. The number of fused-ring (bicyclic) bond motifs is 1. The Morgan fingerprint density at radius 2 is 1.86 bits per heavy atom. The fourth-order valence-electron chi connectivity index (χ4n) is 2.43. The topological polar surface area (TPSA) is 33.2 Å². The number of carbonyl (C=O) groups excluding carboxylic acids is 1. The molecule has 0 saturated heterocycles. The van der Waals surface area contributed by atoms with Crippen molar-refractivity contribution in [1.82, 2.24) is 9.88 Å². The molecular formula is C18H18N2OS. The molecule has 0 atom stereocenters. The maximum absolute atomic E-state index is 12.5. The molecule has 4 heteroatoms. The Morgan fingerprint density at radius 1 is 1.14 bits per heavy atom. The van der Waals surface area contributed by atoms with Crippen LogP contribution in [0.4, 0.5) is 0 Å². The molecule has 2 aromatic carbocycles. The number of aromatic nitrogens is 1. The van der Waals surface area contributed by atoms with Crippen molar-refractivity contribution < 1.29 is 4.79 Å². The quantitative estimate of drug-likeness (QED) is 0.726. The largest absolute Gasteiger partial charge is 0.337 e. The van der Waals surface area contributed by atoms with Gasteiger partial charge >= 0.3 is 0 Å². The Bertz CT molecular complexity index is 792. The molecule has 0 spiro atoms. The van der Waals surface area contributed by atoms with E-state index in [1.54, 1.807) is 21.7 Å². The molecule has 112 valence electrons. The Balaban J connectivity index is 1.75. The summed E-state index contributed by atoms with van der Waals surface area (Å²) in [7, 11) is 1.84. The van der Waals surface area contributed by atoms with E-state index in [0.717, 1.165) is 22.2 Å². The van der Waals surface area contributed by atoms with E-state index in [9.17, 15) is 4.79 Å². The zero-order valence-corrected chi connectivity index (χ0v) is 13.6. The third-order valence-corrected chi connectivity index (χ3v) is 4.57. The van der Waals surface area contributed by atoms with Crippen LogP contribution in [0, 0.1) is 0 Å². The van der Waals surface area contributed by atoms with Crippen LogP contribution in [-0.4, -0.2) is 22.8 Å². The molecule has 3 rings (SSSR count). The van der Waals surface area contributed by atoms with Crippen molar-refractivity contribution in [2.24, 2.45) is 0 Å². The summed E-state index contributed by atoms with van der Waals surface area (Å²) in [5.41, 5.74) is 5.92. The van der Waals surface area contributed by atoms with E-state index in [-0.39, 0.29) is 5.91 Å². The molecule has 0 aliphatic rings. The zero-order valence-electron chi connectivity index (χ0n) is 12.7. The van der Waals surface area contributed by atoms with E-state index in [4.69, 9.17) is 0 Å². The van der Waals surface area contributed by atoms with Gasteiger partial charge in [0, 0.05) is 19.2 Å². The average Bonchev–Trinajstić information content (AvgIpc) is 3.02. The molecule has 1 heterocycles. The van der Waals surface area contributed by atoms with Gasteiger partial charge in [0.25, 0.3) is 5.91 Å². The highest BCUT2D eigenvalue weighted by molar-refractivity contribution is 7.16. The highest BCUT2D eigenvalue weighted by atomic mass is 32.1. The number of hydrogen-bond donors (Lipinski definition) is 0. The highest BCUT2D eigenvalue weighted by Crippen LogP contribution is 2.20. The number of rotatable bonds is 4. The first kappa shape index (κ1) is 14.7. The molecule has 0 radical (unpaired) electrons. The Kier molecular flexibility index (Phi) is 4.20. The summed E-state index contributed by atoms with van der Waals surface area (Å²) in [6.45, 7) is 2.75. The van der Waals surface area contributed by atoms with Gasteiger partial charge in [0.2, 0.25) is 0 Å². The first-order valence-electron chi connectivity index (χ1n) is 7.34. The van der Waals surface area contributed by atoms with Crippen LogP contribution in [0.15, 0.2) is 48.0 Å². The maximum atomic E-state index is 12.5. The van der Waals surface area contributed by atoms with Crippen molar-refractivity contribution in [3.8, 4) is 0 Å². The van der Waals surface area contributed by atoms with Gasteiger partial charge in [-0.15, -0.1) is 11.3 Å². The standard InChI is InChI=1S/C18H18N2OS/c1-3-13-4-6-14(7-5-13)11-20(2)18(21)15-8-9-16-17(10-15)22-12-19-16/h4-10,12H,3,11H2,1-2H3. The molecule has 0 aliphatic heterocycles. The molecule has 0 bridgehead atoms. The van der Waals surface area contributed by atoms with E-state index in [1.807, 2.05) is 25.2 Å². The summed E-state index contributed by atoms with van der Waals surface area (Å²) in [6, 6.07) is 14.1. The lowest BCUT2D eigenvalue weighted by Crippen LogP contribution is -2.26. The van der Waals surface area contributed by atoms with Crippen molar-refractivity contribution in [2.75, 3.05) is 7.05 Å². The lowest BCUT2D eigenvalue weighted by Gasteiger charge is -2.17. The van der Waals surface area contributed by atoms with Crippen molar-refractivity contribution in [2.45, 2.75) is 19.9 Å². The summed E-state index contributed by atoms with van der Waals surface area (Å²) < 4.78 is 1.05. The highest BCUT2D eigenvalue weighted by Gasteiger charge is 2.13. The number of carbonyl (C=O) groups is 1. The van der Waals surface area contributed by atoms with Crippen LogP contribution in [0.3, 0.4) is 0 Å². The van der Waals surface area contributed by atoms with Gasteiger partial charge in [-0.05, 0) is 35.7 Å². The second-order valence-corrected chi connectivity index (χ2v) is 6.25. The smallest absolute Gasteiger partial charge is 0.253 e. The van der Waals surface area contributed by atoms with Crippen LogP contribution in [0.25, 0.3) is 10.2 Å².